The molecule has 0 aromatic heterocycles. The molecule has 11 heteroatoms. The van der Waals surface area contributed by atoms with Crippen LogP contribution in [0.1, 0.15) is 50.7 Å². The van der Waals surface area contributed by atoms with Crippen LogP contribution in [0.2, 0.25) is 0 Å². The molecule has 0 bridgehead atoms. The molecule has 0 aliphatic rings. The van der Waals surface area contributed by atoms with E-state index in [0.29, 0.717) is 30.6 Å². The quantitative estimate of drug-likeness (QED) is 0.173. The predicted octanol–water partition coefficient (Wildman–Crippen LogP) is 3.19. The van der Waals surface area contributed by atoms with Gasteiger partial charge in [0.1, 0.15) is 23.9 Å². The zero-order chi connectivity index (χ0) is 25.9. The van der Waals surface area contributed by atoms with Gasteiger partial charge in [-0.15, -0.1) is 0 Å². The highest BCUT2D eigenvalue weighted by Crippen LogP contribution is 2.18. The number of hydrogen-bond donors (Lipinski definition) is 3. The number of benzene rings is 2. The Balaban J connectivity index is 2.12. The summed E-state index contributed by atoms with van der Waals surface area (Å²) in [5.41, 5.74) is 6.82. The second kappa shape index (κ2) is 13.5. The highest BCUT2D eigenvalue weighted by molar-refractivity contribution is 7.89. The van der Waals surface area contributed by atoms with E-state index in [1.54, 1.807) is 48.5 Å². The van der Waals surface area contributed by atoms with E-state index >= 15 is 0 Å². The number of nitrogen functional groups attached to an aromatic ring is 1. The van der Waals surface area contributed by atoms with Crippen LogP contribution in [0.4, 0.5) is 0 Å². The summed E-state index contributed by atoms with van der Waals surface area (Å²) in [6.45, 7) is 3.88. The van der Waals surface area contributed by atoms with Gasteiger partial charge in [0, 0.05) is 5.56 Å². The lowest BCUT2D eigenvalue weighted by Gasteiger charge is -2.20. The van der Waals surface area contributed by atoms with Gasteiger partial charge in [-0.05, 0) is 49.1 Å². The normalized spacial score (nSPS) is 12.7. The molecule has 2 aromatic rings. The molecule has 35 heavy (non-hydrogen) atoms. The van der Waals surface area contributed by atoms with E-state index in [1.165, 1.54) is 0 Å². The topological polar surface area (TPSA) is 149 Å². The maximum Gasteiger partial charge on any atom is 0.309 e. The van der Waals surface area contributed by atoms with Crippen molar-refractivity contribution < 1.29 is 25.8 Å². The summed E-state index contributed by atoms with van der Waals surface area (Å²) in [6.07, 6.45) is 2.89. The number of hydrogen-bond acceptors (Lipinski definition) is 7. The Kier molecular flexibility index (Phi) is 11.0. The van der Waals surface area contributed by atoms with Gasteiger partial charge < -0.3 is 14.7 Å². The smallest absolute Gasteiger partial charge is 0.309 e. The second-order valence-corrected chi connectivity index (χ2v) is 11.9. The number of rotatable bonds is 16. The Morgan fingerprint density at radius 3 is 2.26 bits per heavy atom. The molecule has 0 saturated carbocycles. The van der Waals surface area contributed by atoms with Crippen molar-refractivity contribution in [1.82, 2.24) is 4.72 Å². The molecule has 4 N–H and O–H groups in total. The van der Waals surface area contributed by atoms with E-state index in [2.05, 4.69) is 4.72 Å². The molecule has 0 saturated heterocycles. The number of sulfonamides is 1. The van der Waals surface area contributed by atoms with Gasteiger partial charge in [-0.3, -0.25) is 5.41 Å². The molecular weight excluding hydrogens is 490 g/mol. The minimum atomic E-state index is -3.65. The second-order valence-electron chi connectivity index (χ2n) is 8.29. The third kappa shape index (κ3) is 10.7. The van der Waals surface area contributed by atoms with Crippen molar-refractivity contribution in [2.24, 2.45) is 5.73 Å². The van der Waals surface area contributed by atoms with Crippen LogP contribution in [0, 0.1) is 5.41 Å². The highest BCUT2D eigenvalue weighted by atomic mass is 32.2. The van der Waals surface area contributed by atoms with Gasteiger partial charge in [0.05, 0.1) is 17.5 Å². The largest absolute Gasteiger partial charge is 0.492 e. The zero-order valence-electron chi connectivity index (χ0n) is 20.2. The third-order valence-electron chi connectivity index (χ3n) is 5.09. The lowest BCUT2D eigenvalue weighted by atomic mass is 10.1. The van der Waals surface area contributed by atoms with Crippen molar-refractivity contribution in [3.8, 4) is 11.5 Å². The molecule has 0 heterocycles. The predicted molar refractivity (Wildman–Crippen MR) is 138 cm³/mol. The molecule has 194 valence electrons. The average Bonchev–Trinajstić information content (AvgIpc) is 2.81. The van der Waals surface area contributed by atoms with Gasteiger partial charge in [0.25, 0.3) is 0 Å². The summed E-state index contributed by atoms with van der Waals surface area (Å²) in [6, 6.07) is 12.7. The van der Waals surface area contributed by atoms with E-state index < -0.39 is 26.2 Å². The summed E-state index contributed by atoms with van der Waals surface area (Å²) in [4.78, 5) is 0. The minimum absolute atomic E-state index is 0.0161. The number of nitrogens with one attached hydrogen (secondary N) is 2. The Labute approximate surface area is 208 Å². The summed E-state index contributed by atoms with van der Waals surface area (Å²) in [5, 5.41) is 7.57. The number of amidine groups is 1. The first-order valence-corrected chi connectivity index (χ1v) is 14.8. The molecule has 2 rings (SSSR count). The van der Waals surface area contributed by atoms with Crippen molar-refractivity contribution in [1.29, 1.82) is 5.41 Å². The Morgan fingerprint density at radius 2 is 1.63 bits per heavy atom. The van der Waals surface area contributed by atoms with E-state index in [9.17, 15) is 16.8 Å². The van der Waals surface area contributed by atoms with E-state index in [4.69, 9.17) is 20.1 Å². The fourth-order valence-corrected chi connectivity index (χ4v) is 5.78. The van der Waals surface area contributed by atoms with Crippen LogP contribution in [0.3, 0.4) is 0 Å². The van der Waals surface area contributed by atoms with E-state index in [0.717, 1.165) is 18.4 Å². The third-order valence-corrected chi connectivity index (χ3v) is 7.84. The summed E-state index contributed by atoms with van der Waals surface area (Å²) < 4.78 is 62.8. The monoisotopic (exact) mass is 525 g/mol. The molecule has 0 unspecified atom stereocenters. The summed E-state index contributed by atoms with van der Waals surface area (Å²) in [7, 11) is -7.17. The Bertz CT molecular complexity index is 1170. The van der Waals surface area contributed by atoms with Crippen LogP contribution in [-0.4, -0.2) is 46.8 Å². The number of unbranched alkanes of at least 4 members (excludes halogenated alkanes) is 2. The number of ether oxygens (including phenoxy) is 1. The summed E-state index contributed by atoms with van der Waals surface area (Å²) in [5.74, 6) is 0.557. The van der Waals surface area contributed by atoms with E-state index in [-0.39, 0.29) is 29.7 Å². The molecular formula is C24H35N3O6S2. The average molecular weight is 526 g/mol. The van der Waals surface area contributed by atoms with Gasteiger partial charge in [0.2, 0.25) is 10.0 Å². The molecule has 0 radical (unpaired) electrons. The maximum absolute atomic E-state index is 12.5. The molecule has 1 atom stereocenters. The van der Waals surface area contributed by atoms with Crippen molar-refractivity contribution in [3.63, 3.8) is 0 Å². The SMILES string of the molecule is CCCCS(=O)(=O)N[C@H](COc1cccc(C(=N)N)c1)Cc1ccc(OS(=O)(=O)CCCC)cc1. The van der Waals surface area contributed by atoms with Crippen molar-refractivity contribution in [2.45, 2.75) is 52.0 Å². The molecule has 0 aliphatic carbocycles. The van der Waals surface area contributed by atoms with Crippen molar-refractivity contribution in [2.75, 3.05) is 18.1 Å². The van der Waals surface area contributed by atoms with Crippen molar-refractivity contribution in [3.05, 3.63) is 59.7 Å². The van der Waals surface area contributed by atoms with Crippen molar-refractivity contribution >= 4 is 26.0 Å². The Morgan fingerprint density at radius 1 is 0.971 bits per heavy atom. The lowest BCUT2D eigenvalue weighted by Crippen LogP contribution is -2.41. The van der Waals surface area contributed by atoms with Crippen LogP contribution >= 0.6 is 0 Å². The molecule has 0 aliphatic heterocycles. The van der Waals surface area contributed by atoms with Gasteiger partial charge in [0.15, 0.2) is 0 Å². The molecule has 9 nitrogen and oxygen atoms in total. The molecule has 0 spiro atoms. The number of nitrogens with two attached hydrogens (primary N) is 1. The fourth-order valence-electron chi connectivity index (χ4n) is 3.21. The highest BCUT2D eigenvalue weighted by Gasteiger charge is 2.20. The lowest BCUT2D eigenvalue weighted by molar-refractivity contribution is 0.278. The van der Waals surface area contributed by atoms with Gasteiger partial charge in [-0.25, -0.2) is 13.1 Å². The van der Waals surface area contributed by atoms with E-state index in [1.807, 2.05) is 13.8 Å². The van der Waals surface area contributed by atoms with Gasteiger partial charge in [-0.2, -0.15) is 8.42 Å². The minimum Gasteiger partial charge on any atom is -0.492 e. The first-order valence-electron chi connectivity index (χ1n) is 11.6. The first kappa shape index (κ1) is 28.6. The van der Waals surface area contributed by atoms with Gasteiger partial charge >= 0.3 is 10.1 Å². The fraction of sp³-hybridized carbons (Fsp3) is 0.458. The summed E-state index contributed by atoms with van der Waals surface area (Å²) >= 11 is 0. The van der Waals surface area contributed by atoms with Gasteiger partial charge in [-0.1, -0.05) is 51.0 Å². The Hall–Kier alpha value is -2.63. The van der Waals surface area contributed by atoms with Crippen LogP contribution in [-0.2, 0) is 26.6 Å². The van der Waals surface area contributed by atoms with Crippen LogP contribution in [0.25, 0.3) is 0 Å². The molecule has 0 fully saturated rings. The standard InChI is InChI=1S/C24H35N3O6S2/c1-3-5-14-34(28,29)27-21(18-32-23-9-7-8-20(17-23)24(25)26)16-19-10-12-22(13-11-19)33-35(30,31)15-6-4-2/h7-13,17,21,27H,3-6,14-16,18H2,1-2H3,(H3,25,26)/t21-/m0/s1. The molecule has 0 amide bonds. The first-order chi connectivity index (χ1) is 16.5. The molecule has 2 aromatic carbocycles. The van der Waals surface area contributed by atoms with Crippen LogP contribution < -0.4 is 19.4 Å². The van der Waals surface area contributed by atoms with Crippen LogP contribution in [0.15, 0.2) is 48.5 Å². The zero-order valence-corrected chi connectivity index (χ0v) is 21.8. The van der Waals surface area contributed by atoms with Crippen LogP contribution in [0.5, 0.6) is 11.5 Å². The maximum atomic E-state index is 12.5.